The van der Waals surface area contributed by atoms with Crippen molar-refractivity contribution in [3.05, 3.63) is 0 Å². The maximum absolute atomic E-state index is 5.15. The summed E-state index contributed by atoms with van der Waals surface area (Å²) >= 11 is 0. The summed E-state index contributed by atoms with van der Waals surface area (Å²) in [6.45, 7) is 2.37. The first kappa shape index (κ1) is 6.58. The zero-order valence-electron chi connectivity index (χ0n) is 6.12. The molecule has 1 atom stereocenters. The number of fused-ring (bicyclic) bond motifs is 3. The van der Waals surface area contributed by atoms with E-state index >= 15 is 0 Å². The summed E-state index contributed by atoms with van der Waals surface area (Å²) in [5.74, 6) is 6.04. The Bertz CT molecular complexity index is 121. The third-order valence-electron chi connectivity index (χ3n) is 2.75. The van der Waals surface area contributed by atoms with Gasteiger partial charge < -0.3 is 0 Å². The SMILES string of the molecule is NO[C@H]1CC2CCN1CC2. The molecular weight excluding hydrogens is 128 g/mol. The molecule has 3 rings (SSSR count). The van der Waals surface area contributed by atoms with E-state index in [1.54, 1.807) is 0 Å². The van der Waals surface area contributed by atoms with Gasteiger partial charge in [0.2, 0.25) is 0 Å². The molecule has 0 aromatic heterocycles. The molecule has 3 heterocycles. The first-order valence-electron chi connectivity index (χ1n) is 4.00. The lowest BCUT2D eigenvalue weighted by atomic mass is 9.87. The molecule has 3 nitrogen and oxygen atoms in total. The van der Waals surface area contributed by atoms with E-state index in [4.69, 9.17) is 10.7 Å². The normalized spacial score (nSPS) is 45.9. The third kappa shape index (κ3) is 0.944. The molecule has 0 saturated carbocycles. The molecule has 0 unspecified atom stereocenters. The van der Waals surface area contributed by atoms with Crippen LogP contribution >= 0.6 is 0 Å². The minimum absolute atomic E-state index is 0.229. The first-order chi connectivity index (χ1) is 4.90. The lowest BCUT2D eigenvalue weighted by Gasteiger charge is -2.43. The smallest absolute Gasteiger partial charge is 0.132 e. The van der Waals surface area contributed by atoms with Gasteiger partial charge in [0.05, 0.1) is 0 Å². The molecule has 2 N–H and O–H groups in total. The van der Waals surface area contributed by atoms with Gasteiger partial charge in [-0.05, 0) is 25.2 Å². The Balaban J connectivity index is 2.01. The van der Waals surface area contributed by atoms with Crippen LogP contribution in [0.3, 0.4) is 0 Å². The zero-order valence-corrected chi connectivity index (χ0v) is 6.12. The third-order valence-corrected chi connectivity index (χ3v) is 2.75. The van der Waals surface area contributed by atoms with Gasteiger partial charge in [0.15, 0.2) is 0 Å². The van der Waals surface area contributed by atoms with Crippen LogP contribution in [0.2, 0.25) is 0 Å². The fraction of sp³-hybridized carbons (Fsp3) is 1.00. The maximum atomic E-state index is 5.15. The van der Waals surface area contributed by atoms with Crippen molar-refractivity contribution in [3.63, 3.8) is 0 Å². The molecule has 2 bridgehead atoms. The number of nitrogens with zero attached hydrogens (tertiary/aromatic N) is 1. The fourth-order valence-electron chi connectivity index (χ4n) is 2.05. The lowest BCUT2D eigenvalue weighted by Crippen LogP contribution is -2.50. The van der Waals surface area contributed by atoms with E-state index in [9.17, 15) is 0 Å². The van der Waals surface area contributed by atoms with Crippen LogP contribution in [-0.2, 0) is 4.84 Å². The first-order valence-corrected chi connectivity index (χ1v) is 4.00. The second kappa shape index (κ2) is 2.49. The van der Waals surface area contributed by atoms with Crippen LogP contribution in [0.25, 0.3) is 0 Å². The highest BCUT2D eigenvalue weighted by Crippen LogP contribution is 2.31. The highest BCUT2D eigenvalue weighted by Gasteiger charge is 2.33. The molecule has 0 spiro atoms. The van der Waals surface area contributed by atoms with Crippen LogP contribution < -0.4 is 5.90 Å². The van der Waals surface area contributed by atoms with Crippen LogP contribution in [0.4, 0.5) is 0 Å². The van der Waals surface area contributed by atoms with Crippen molar-refractivity contribution in [1.29, 1.82) is 0 Å². The van der Waals surface area contributed by atoms with Gasteiger partial charge in [-0.15, -0.1) is 0 Å². The van der Waals surface area contributed by atoms with Gasteiger partial charge in [-0.2, -0.15) is 0 Å². The zero-order chi connectivity index (χ0) is 6.97. The minimum atomic E-state index is 0.229. The molecule has 0 amide bonds. The van der Waals surface area contributed by atoms with Crippen LogP contribution in [0.15, 0.2) is 0 Å². The van der Waals surface area contributed by atoms with Crippen molar-refractivity contribution in [2.24, 2.45) is 11.8 Å². The van der Waals surface area contributed by atoms with Gasteiger partial charge in [-0.25, -0.2) is 5.90 Å². The molecule has 3 heteroatoms. The molecule has 0 aromatic rings. The van der Waals surface area contributed by atoms with Crippen LogP contribution in [0.1, 0.15) is 19.3 Å². The van der Waals surface area contributed by atoms with Gasteiger partial charge >= 0.3 is 0 Å². The molecule has 0 aromatic carbocycles. The topological polar surface area (TPSA) is 38.5 Å². The van der Waals surface area contributed by atoms with Crippen molar-refractivity contribution >= 4 is 0 Å². The van der Waals surface area contributed by atoms with Gasteiger partial charge in [-0.3, -0.25) is 9.74 Å². The Hall–Kier alpha value is -0.120. The molecule has 3 fully saturated rings. The number of rotatable bonds is 1. The largest absolute Gasteiger partial charge is 0.286 e. The standard InChI is InChI=1S/C7H14N2O/c8-10-7-5-6-1-3-9(7)4-2-6/h6-7H,1-5,8H2/t7-/m0/s1. The minimum Gasteiger partial charge on any atom is -0.286 e. The summed E-state index contributed by atoms with van der Waals surface area (Å²) in [5, 5.41) is 0. The van der Waals surface area contributed by atoms with E-state index in [0.717, 1.165) is 12.3 Å². The lowest BCUT2D eigenvalue weighted by molar-refractivity contribution is -0.121. The summed E-state index contributed by atoms with van der Waals surface area (Å²) in [6, 6.07) is 0. The van der Waals surface area contributed by atoms with E-state index in [1.807, 2.05) is 0 Å². The average Bonchev–Trinajstić information content (AvgIpc) is 2.06. The quantitative estimate of drug-likeness (QED) is 0.536. The van der Waals surface area contributed by atoms with Gasteiger partial charge in [0.25, 0.3) is 0 Å². The highest BCUT2D eigenvalue weighted by atomic mass is 16.6. The monoisotopic (exact) mass is 142 g/mol. The number of piperidine rings is 3. The van der Waals surface area contributed by atoms with E-state index in [0.29, 0.717) is 0 Å². The summed E-state index contributed by atoms with van der Waals surface area (Å²) < 4.78 is 0. The predicted molar refractivity (Wildman–Crippen MR) is 38.0 cm³/mol. The predicted octanol–water partition coefficient (Wildman–Crippen LogP) is 0.318. The van der Waals surface area contributed by atoms with E-state index < -0.39 is 0 Å². The molecule has 0 aliphatic carbocycles. The van der Waals surface area contributed by atoms with Gasteiger partial charge in [0, 0.05) is 13.1 Å². The Labute approximate surface area is 61.1 Å². The molecular formula is C7H14N2O. The second-order valence-electron chi connectivity index (χ2n) is 3.31. The second-order valence-corrected chi connectivity index (χ2v) is 3.31. The Morgan fingerprint density at radius 2 is 2.00 bits per heavy atom. The van der Waals surface area contributed by atoms with E-state index in [-0.39, 0.29) is 6.23 Å². The number of hydrogen-bond donors (Lipinski definition) is 1. The summed E-state index contributed by atoms with van der Waals surface area (Å²) in [4.78, 5) is 7.18. The van der Waals surface area contributed by atoms with E-state index in [2.05, 4.69) is 4.90 Å². The van der Waals surface area contributed by atoms with Crippen LogP contribution in [0.5, 0.6) is 0 Å². The Kier molecular flexibility index (Phi) is 1.64. The summed E-state index contributed by atoms with van der Waals surface area (Å²) in [6.07, 6.45) is 4.07. The van der Waals surface area contributed by atoms with Gasteiger partial charge in [-0.1, -0.05) is 0 Å². The average molecular weight is 142 g/mol. The van der Waals surface area contributed by atoms with Crippen molar-refractivity contribution in [2.45, 2.75) is 25.5 Å². The van der Waals surface area contributed by atoms with Gasteiger partial charge in [0.1, 0.15) is 6.23 Å². The highest BCUT2D eigenvalue weighted by molar-refractivity contribution is 4.82. The molecule has 3 aliphatic rings. The molecule has 58 valence electrons. The van der Waals surface area contributed by atoms with E-state index in [1.165, 1.54) is 25.9 Å². The maximum Gasteiger partial charge on any atom is 0.132 e. The van der Waals surface area contributed by atoms with Crippen LogP contribution in [-0.4, -0.2) is 24.2 Å². The fourth-order valence-corrected chi connectivity index (χ4v) is 2.05. The van der Waals surface area contributed by atoms with Crippen molar-refractivity contribution < 1.29 is 4.84 Å². The Morgan fingerprint density at radius 3 is 2.30 bits per heavy atom. The number of hydrogen-bond acceptors (Lipinski definition) is 3. The molecule has 10 heavy (non-hydrogen) atoms. The molecule has 3 aliphatic heterocycles. The summed E-state index contributed by atoms with van der Waals surface area (Å²) in [5.41, 5.74) is 0. The number of nitrogens with two attached hydrogens (primary N) is 1. The van der Waals surface area contributed by atoms with Crippen LogP contribution in [0, 0.1) is 5.92 Å². The Morgan fingerprint density at radius 1 is 1.30 bits per heavy atom. The van der Waals surface area contributed by atoms with Crippen molar-refractivity contribution in [3.8, 4) is 0 Å². The molecule has 0 radical (unpaired) electrons. The van der Waals surface area contributed by atoms with Crippen molar-refractivity contribution in [1.82, 2.24) is 4.90 Å². The molecule has 3 saturated heterocycles. The summed E-state index contributed by atoms with van der Waals surface area (Å²) in [7, 11) is 0. The van der Waals surface area contributed by atoms with Crippen molar-refractivity contribution in [2.75, 3.05) is 13.1 Å².